The molecule has 0 aromatic heterocycles. The van der Waals surface area contributed by atoms with E-state index in [-0.39, 0.29) is 19.8 Å². The molecular weight excluding hydrogens is 394 g/mol. The molecule has 0 aliphatic heterocycles. The van der Waals surface area contributed by atoms with Crippen LogP contribution < -0.4 is 0 Å². The Morgan fingerprint density at radius 2 is 1.57 bits per heavy atom. The number of alkyl halides is 2. The molecule has 0 N–H and O–H groups in total. The number of methoxy groups -OCH3 is 1. The number of carbonyl (C=O) groups excluding carboxylic acids is 1. The second-order valence-electron chi connectivity index (χ2n) is 6.91. The summed E-state index contributed by atoms with van der Waals surface area (Å²) in [4.78, 5) is 11.3. The van der Waals surface area contributed by atoms with E-state index in [4.69, 9.17) is 14.2 Å². The average molecular weight is 418 g/mol. The van der Waals surface area contributed by atoms with Crippen molar-refractivity contribution in [3.05, 3.63) is 83.9 Å². The van der Waals surface area contributed by atoms with Crippen molar-refractivity contribution in [1.82, 2.24) is 0 Å². The van der Waals surface area contributed by atoms with Gasteiger partial charge in [0.15, 0.2) is 6.10 Å². The third-order valence-electron chi connectivity index (χ3n) is 4.81. The Balaban J connectivity index is 1.67. The third-order valence-corrected chi connectivity index (χ3v) is 4.81. The van der Waals surface area contributed by atoms with E-state index in [1.54, 1.807) is 0 Å². The van der Waals surface area contributed by atoms with Crippen LogP contribution in [0.2, 0.25) is 0 Å². The smallest absolute Gasteiger partial charge is 0.438 e. The van der Waals surface area contributed by atoms with Gasteiger partial charge in [0.2, 0.25) is 0 Å². The lowest BCUT2D eigenvalue weighted by atomic mass is 9.97. The van der Waals surface area contributed by atoms with Crippen LogP contribution in [0.1, 0.15) is 11.1 Å². The van der Waals surface area contributed by atoms with Gasteiger partial charge in [-0.1, -0.05) is 66.7 Å². The number of hydrogen-bond acceptors (Lipinski definition) is 5. The first-order valence-corrected chi connectivity index (χ1v) is 9.58. The minimum Gasteiger partial charge on any atom is -0.438 e. The molecule has 30 heavy (non-hydrogen) atoms. The lowest BCUT2D eigenvalue weighted by Crippen LogP contribution is -2.44. The first kappa shape index (κ1) is 21.9. The van der Waals surface area contributed by atoms with E-state index in [0.29, 0.717) is 0 Å². The summed E-state index contributed by atoms with van der Waals surface area (Å²) < 4.78 is 50.5. The van der Waals surface area contributed by atoms with E-state index in [9.17, 15) is 13.6 Å². The fraction of sp³-hybridized carbons (Fsp3) is 0.348. The third kappa shape index (κ3) is 5.64. The molecule has 160 valence electrons. The van der Waals surface area contributed by atoms with Gasteiger partial charge in [-0.2, -0.15) is 0 Å². The van der Waals surface area contributed by atoms with Gasteiger partial charge in [0, 0.05) is 0 Å². The molecule has 3 rings (SSSR count). The number of ether oxygens (including phenoxy) is 4. The molecule has 0 saturated carbocycles. The molecule has 0 fully saturated rings. The zero-order valence-electron chi connectivity index (χ0n) is 16.6. The Bertz CT molecular complexity index is 826. The largest absolute Gasteiger partial charge is 0.508 e. The van der Waals surface area contributed by atoms with Gasteiger partial charge in [-0.25, -0.2) is 13.6 Å². The highest BCUT2D eigenvalue weighted by Crippen LogP contribution is 2.41. The van der Waals surface area contributed by atoms with Crippen molar-refractivity contribution in [2.75, 3.05) is 13.7 Å². The maximum absolute atomic E-state index is 15.0. The van der Waals surface area contributed by atoms with Crippen LogP contribution in [-0.2, 0) is 32.2 Å². The SMILES string of the molecule is COC(=O)O[C@H]1C=C[C@@H]([C@@H](COCc2ccccc2)OCc2ccccc2)C1(F)F. The fourth-order valence-electron chi connectivity index (χ4n) is 3.21. The Morgan fingerprint density at radius 1 is 0.967 bits per heavy atom. The Kier molecular flexibility index (Phi) is 7.54. The average Bonchev–Trinajstić information content (AvgIpc) is 3.05. The molecule has 0 unspecified atom stereocenters. The molecule has 2 aromatic rings. The van der Waals surface area contributed by atoms with E-state index in [1.807, 2.05) is 60.7 Å². The predicted octanol–water partition coefficient (Wildman–Crippen LogP) is 4.76. The molecule has 0 bridgehead atoms. The zero-order chi connectivity index (χ0) is 21.4. The summed E-state index contributed by atoms with van der Waals surface area (Å²) in [5.41, 5.74) is 1.79. The van der Waals surface area contributed by atoms with Crippen molar-refractivity contribution in [2.45, 2.75) is 31.3 Å². The van der Waals surface area contributed by atoms with Gasteiger partial charge in [-0.05, 0) is 17.2 Å². The number of halogens is 2. The second kappa shape index (κ2) is 10.3. The van der Waals surface area contributed by atoms with Gasteiger partial charge in [0.05, 0.1) is 39.0 Å². The van der Waals surface area contributed by atoms with E-state index < -0.39 is 30.2 Å². The molecule has 2 aromatic carbocycles. The highest BCUT2D eigenvalue weighted by Gasteiger charge is 2.54. The second-order valence-corrected chi connectivity index (χ2v) is 6.91. The maximum Gasteiger partial charge on any atom is 0.508 e. The lowest BCUT2D eigenvalue weighted by molar-refractivity contribution is -0.161. The number of rotatable bonds is 9. The standard InChI is InChI=1S/C23H24F2O5/c1-27-22(26)30-21-13-12-19(23(21,24)25)20(29-15-18-10-6-3-7-11-18)16-28-14-17-8-4-2-5-9-17/h2-13,19-21H,14-16H2,1H3/t19-,20+,21-/m0/s1. The maximum atomic E-state index is 15.0. The summed E-state index contributed by atoms with van der Waals surface area (Å²) in [6.07, 6.45) is -1.34. The molecule has 1 aliphatic carbocycles. The molecule has 5 nitrogen and oxygen atoms in total. The monoisotopic (exact) mass is 418 g/mol. The Hall–Kier alpha value is -2.77. The van der Waals surface area contributed by atoms with Crippen molar-refractivity contribution in [3.63, 3.8) is 0 Å². The first-order chi connectivity index (χ1) is 14.5. The highest BCUT2D eigenvalue weighted by atomic mass is 19.3. The normalized spacial score (nSPS) is 20.6. The van der Waals surface area contributed by atoms with Crippen LogP contribution >= 0.6 is 0 Å². The molecule has 3 atom stereocenters. The summed E-state index contributed by atoms with van der Waals surface area (Å²) in [5, 5.41) is 0. The molecule has 7 heteroatoms. The molecule has 0 spiro atoms. The van der Waals surface area contributed by atoms with Crippen LogP contribution in [0, 0.1) is 5.92 Å². The molecule has 0 heterocycles. The highest BCUT2D eigenvalue weighted by molar-refractivity contribution is 5.60. The summed E-state index contributed by atoms with van der Waals surface area (Å²) in [6, 6.07) is 18.7. The Morgan fingerprint density at radius 3 is 2.17 bits per heavy atom. The summed E-state index contributed by atoms with van der Waals surface area (Å²) in [6.45, 7) is 0.385. The van der Waals surface area contributed by atoms with Crippen molar-refractivity contribution < 1.29 is 32.5 Å². The molecule has 0 radical (unpaired) electrons. The summed E-state index contributed by atoms with van der Waals surface area (Å²) in [7, 11) is 1.07. The quantitative estimate of drug-likeness (QED) is 0.434. The van der Waals surface area contributed by atoms with Gasteiger partial charge in [0.1, 0.15) is 0 Å². The van der Waals surface area contributed by atoms with E-state index >= 15 is 0 Å². The zero-order valence-corrected chi connectivity index (χ0v) is 16.6. The number of hydrogen-bond donors (Lipinski definition) is 0. The minimum atomic E-state index is -3.36. The fourth-order valence-corrected chi connectivity index (χ4v) is 3.21. The topological polar surface area (TPSA) is 54.0 Å². The van der Waals surface area contributed by atoms with Crippen LogP contribution in [0.5, 0.6) is 0 Å². The number of benzene rings is 2. The Labute approximate surface area is 174 Å². The van der Waals surface area contributed by atoms with E-state index in [2.05, 4.69) is 4.74 Å². The van der Waals surface area contributed by atoms with Crippen LogP contribution in [0.4, 0.5) is 13.6 Å². The van der Waals surface area contributed by atoms with E-state index in [1.165, 1.54) is 6.08 Å². The van der Waals surface area contributed by atoms with Crippen molar-refractivity contribution in [3.8, 4) is 0 Å². The first-order valence-electron chi connectivity index (χ1n) is 9.58. The van der Waals surface area contributed by atoms with Gasteiger partial charge in [0.25, 0.3) is 5.92 Å². The van der Waals surface area contributed by atoms with Crippen molar-refractivity contribution in [2.24, 2.45) is 5.92 Å². The summed E-state index contributed by atoms with van der Waals surface area (Å²) >= 11 is 0. The molecule has 0 amide bonds. The van der Waals surface area contributed by atoms with Gasteiger partial charge < -0.3 is 18.9 Å². The predicted molar refractivity (Wildman–Crippen MR) is 106 cm³/mol. The van der Waals surface area contributed by atoms with Crippen molar-refractivity contribution in [1.29, 1.82) is 0 Å². The molecular formula is C23H24F2O5. The number of carbonyl (C=O) groups is 1. The van der Waals surface area contributed by atoms with Crippen LogP contribution in [0.25, 0.3) is 0 Å². The van der Waals surface area contributed by atoms with E-state index in [0.717, 1.165) is 24.3 Å². The molecule has 1 aliphatic rings. The van der Waals surface area contributed by atoms with Crippen molar-refractivity contribution >= 4 is 6.16 Å². The minimum absolute atomic E-state index is 0.0444. The van der Waals surface area contributed by atoms with Crippen LogP contribution in [0.15, 0.2) is 72.8 Å². The van der Waals surface area contributed by atoms with Gasteiger partial charge in [-0.3, -0.25) is 0 Å². The van der Waals surface area contributed by atoms with Crippen LogP contribution in [-0.4, -0.2) is 38.0 Å². The van der Waals surface area contributed by atoms with Gasteiger partial charge in [-0.15, -0.1) is 0 Å². The summed E-state index contributed by atoms with van der Waals surface area (Å²) in [5.74, 6) is -4.67. The van der Waals surface area contributed by atoms with Crippen LogP contribution in [0.3, 0.4) is 0 Å². The van der Waals surface area contributed by atoms with Gasteiger partial charge >= 0.3 is 6.16 Å². The molecule has 0 saturated heterocycles. The lowest BCUT2D eigenvalue weighted by Gasteiger charge is -2.30.